The van der Waals surface area contributed by atoms with Crippen LogP contribution in [0.4, 0.5) is 0 Å². The van der Waals surface area contributed by atoms with Crippen molar-refractivity contribution in [1.82, 2.24) is 4.98 Å². The van der Waals surface area contributed by atoms with Crippen molar-refractivity contribution in [2.75, 3.05) is 0 Å². The highest BCUT2D eigenvalue weighted by Crippen LogP contribution is 2.18. The van der Waals surface area contributed by atoms with E-state index in [0.717, 1.165) is 29.7 Å². The molecule has 0 radical (unpaired) electrons. The topological polar surface area (TPSA) is 36.7 Å². The molecule has 0 aliphatic carbocycles. The Morgan fingerprint density at radius 3 is 2.53 bits per heavy atom. The SMILES string of the molecule is CCCc1ccc(-c2ccc(C=CC#N)cc2)nc1. The summed E-state index contributed by atoms with van der Waals surface area (Å²) in [6, 6.07) is 14.2. The van der Waals surface area contributed by atoms with Crippen LogP contribution in [-0.2, 0) is 6.42 Å². The number of hydrogen-bond acceptors (Lipinski definition) is 2. The number of allylic oxidation sites excluding steroid dienone is 1. The van der Waals surface area contributed by atoms with Gasteiger partial charge in [-0.1, -0.05) is 43.7 Å². The second-order valence-electron chi connectivity index (χ2n) is 4.39. The smallest absolute Gasteiger partial charge is 0.0912 e. The van der Waals surface area contributed by atoms with Crippen LogP contribution in [0.2, 0.25) is 0 Å². The second kappa shape index (κ2) is 6.51. The van der Waals surface area contributed by atoms with E-state index in [0.29, 0.717) is 0 Å². The Labute approximate surface area is 114 Å². The zero-order valence-electron chi connectivity index (χ0n) is 11.0. The Bertz CT molecular complexity index is 587. The van der Waals surface area contributed by atoms with Gasteiger partial charge in [0.15, 0.2) is 0 Å². The molecule has 2 heteroatoms. The zero-order chi connectivity index (χ0) is 13.5. The lowest BCUT2D eigenvalue weighted by Crippen LogP contribution is -1.88. The number of aromatic nitrogens is 1. The van der Waals surface area contributed by atoms with Gasteiger partial charge in [-0.05, 0) is 29.7 Å². The molecule has 2 rings (SSSR count). The maximum atomic E-state index is 8.48. The van der Waals surface area contributed by atoms with Gasteiger partial charge in [0.05, 0.1) is 11.8 Å². The second-order valence-corrected chi connectivity index (χ2v) is 4.39. The summed E-state index contributed by atoms with van der Waals surface area (Å²) in [5.74, 6) is 0. The summed E-state index contributed by atoms with van der Waals surface area (Å²) in [7, 11) is 0. The number of benzene rings is 1. The van der Waals surface area contributed by atoms with E-state index in [1.165, 1.54) is 11.6 Å². The molecule has 0 unspecified atom stereocenters. The van der Waals surface area contributed by atoms with Crippen LogP contribution >= 0.6 is 0 Å². The molecule has 19 heavy (non-hydrogen) atoms. The summed E-state index contributed by atoms with van der Waals surface area (Å²) in [4.78, 5) is 4.49. The van der Waals surface area contributed by atoms with Crippen LogP contribution in [0.25, 0.3) is 17.3 Å². The Balaban J connectivity index is 2.18. The highest BCUT2D eigenvalue weighted by Gasteiger charge is 1.99. The third kappa shape index (κ3) is 3.53. The molecule has 0 saturated heterocycles. The van der Waals surface area contributed by atoms with Gasteiger partial charge in [0.1, 0.15) is 0 Å². The third-order valence-electron chi connectivity index (χ3n) is 2.92. The number of hydrogen-bond donors (Lipinski definition) is 0. The summed E-state index contributed by atoms with van der Waals surface area (Å²) in [5, 5.41) is 8.48. The molecule has 0 atom stereocenters. The molecule has 0 aliphatic heterocycles. The van der Waals surface area contributed by atoms with E-state index in [1.807, 2.05) is 36.5 Å². The number of pyridine rings is 1. The van der Waals surface area contributed by atoms with E-state index in [4.69, 9.17) is 5.26 Å². The Hall–Kier alpha value is -2.40. The first-order chi connectivity index (χ1) is 9.33. The molecule has 0 spiro atoms. The minimum Gasteiger partial charge on any atom is -0.256 e. The van der Waals surface area contributed by atoms with Gasteiger partial charge in [-0.3, -0.25) is 4.98 Å². The predicted molar refractivity (Wildman–Crippen MR) is 78.3 cm³/mol. The molecule has 1 aromatic heterocycles. The first-order valence-corrected chi connectivity index (χ1v) is 6.45. The average Bonchev–Trinajstić information content (AvgIpc) is 2.47. The van der Waals surface area contributed by atoms with Crippen molar-refractivity contribution in [1.29, 1.82) is 5.26 Å². The van der Waals surface area contributed by atoms with Gasteiger partial charge in [0.2, 0.25) is 0 Å². The largest absolute Gasteiger partial charge is 0.256 e. The molecule has 0 fully saturated rings. The molecule has 0 N–H and O–H groups in total. The fraction of sp³-hybridized carbons (Fsp3) is 0.176. The highest BCUT2D eigenvalue weighted by molar-refractivity contribution is 5.62. The van der Waals surface area contributed by atoms with E-state index in [1.54, 1.807) is 6.08 Å². The summed E-state index contributed by atoms with van der Waals surface area (Å²) >= 11 is 0. The van der Waals surface area contributed by atoms with Crippen LogP contribution in [-0.4, -0.2) is 4.98 Å². The number of nitriles is 1. The highest BCUT2D eigenvalue weighted by atomic mass is 14.7. The summed E-state index contributed by atoms with van der Waals surface area (Å²) in [6.45, 7) is 2.17. The minimum absolute atomic E-state index is 0.982. The molecule has 2 nitrogen and oxygen atoms in total. The van der Waals surface area contributed by atoms with Crippen LogP contribution in [0.1, 0.15) is 24.5 Å². The van der Waals surface area contributed by atoms with Gasteiger partial charge < -0.3 is 0 Å². The standard InChI is InChI=1S/C17H16N2/c1-2-4-15-8-11-17(19-13-15)16-9-6-14(7-10-16)5-3-12-18/h3,5-11,13H,2,4H2,1H3. The van der Waals surface area contributed by atoms with Crippen molar-refractivity contribution < 1.29 is 0 Å². The lowest BCUT2D eigenvalue weighted by atomic mass is 10.1. The molecule has 0 amide bonds. The fourth-order valence-electron chi connectivity index (χ4n) is 1.93. The Morgan fingerprint density at radius 2 is 1.95 bits per heavy atom. The zero-order valence-corrected chi connectivity index (χ0v) is 11.0. The maximum Gasteiger partial charge on any atom is 0.0912 e. The molecule has 1 aromatic carbocycles. The molecule has 0 saturated carbocycles. The van der Waals surface area contributed by atoms with Crippen LogP contribution in [0, 0.1) is 11.3 Å². The molecule has 0 aliphatic rings. The molecule has 94 valence electrons. The van der Waals surface area contributed by atoms with Gasteiger partial charge in [-0.15, -0.1) is 0 Å². The monoisotopic (exact) mass is 248 g/mol. The number of rotatable bonds is 4. The van der Waals surface area contributed by atoms with E-state index in [-0.39, 0.29) is 0 Å². The lowest BCUT2D eigenvalue weighted by Gasteiger charge is -2.03. The summed E-state index contributed by atoms with van der Waals surface area (Å²) in [6.07, 6.45) is 7.43. The van der Waals surface area contributed by atoms with Crippen LogP contribution < -0.4 is 0 Å². The Morgan fingerprint density at radius 1 is 1.16 bits per heavy atom. The van der Waals surface area contributed by atoms with Gasteiger partial charge in [-0.2, -0.15) is 5.26 Å². The number of nitrogens with zero attached hydrogens (tertiary/aromatic N) is 2. The van der Waals surface area contributed by atoms with Crippen LogP contribution in [0.5, 0.6) is 0 Å². The van der Waals surface area contributed by atoms with E-state index in [2.05, 4.69) is 24.0 Å². The summed E-state index contributed by atoms with van der Waals surface area (Å²) < 4.78 is 0. The van der Waals surface area contributed by atoms with Gasteiger partial charge in [0, 0.05) is 17.8 Å². The predicted octanol–water partition coefficient (Wildman–Crippen LogP) is 4.24. The molecule has 2 aromatic rings. The molecular formula is C17H16N2. The molecule has 0 bridgehead atoms. The van der Waals surface area contributed by atoms with Crippen molar-refractivity contribution in [2.45, 2.75) is 19.8 Å². The van der Waals surface area contributed by atoms with Crippen LogP contribution in [0.15, 0.2) is 48.7 Å². The average molecular weight is 248 g/mol. The van der Waals surface area contributed by atoms with Crippen molar-refractivity contribution >= 4 is 6.08 Å². The van der Waals surface area contributed by atoms with Crippen molar-refractivity contribution in [3.8, 4) is 17.3 Å². The van der Waals surface area contributed by atoms with Crippen molar-refractivity contribution in [3.05, 3.63) is 59.8 Å². The van der Waals surface area contributed by atoms with Crippen molar-refractivity contribution in [3.63, 3.8) is 0 Å². The number of aryl methyl sites for hydroxylation is 1. The van der Waals surface area contributed by atoms with Gasteiger partial charge >= 0.3 is 0 Å². The molecule has 1 heterocycles. The van der Waals surface area contributed by atoms with E-state index >= 15 is 0 Å². The first kappa shape index (κ1) is 13.0. The fourth-order valence-corrected chi connectivity index (χ4v) is 1.93. The van der Waals surface area contributed by atoms with Gasteiger partial charge in [-0.25, -0.2) is 0 Å². The van der Waals surface area contributed by atoms with E-state index < -0.39 is 0 Å². The summed E-state index contributed by atoms with van der Waals surface area (Å²) in [5.41, 5.74) is 4.38. The molecular weight excluding hydrogens is 232 g/mol. The van der Waals surface area contributed by atoms with Gasteiger partial charge in [0.25, 0.3) is 0 Å². The minimum atomic E-state index is 0.982. The normalized spacial score (nSPS) is 10.5. The quantitative estimate of drug-likeness (QED) is 0.759. The van der Waals surface area contributed by atoms with E-state index in [9.17, 15) is 0 Å². The Kier molecular flexibility index (Phi) is 4.47. The lowest BCUT2D eigenvalue weighted by molar-refractivity contribution is 0.914. The third-order valence-corrected chi connectivity index (χ3v) is 2.92. The maximum absolute atomic E-state index is 8.48. The first-order valence-electron chi connectivity index (χ1n) is 6.45. The van der Waals surface area contributed by atoms with Crippen LogP contribution in [0.3, 0.4) is 0 Å². The van der Waals surface area contributed by atoms with Crippen molar-refractivity contribution in [2.24, 2.45) is 0 Å².